The number of terminal acetylenes is 1. The van der Waals surface area contributed by atoms with Crippen molar-refractivity contribution in [1.82, 2.24) is 5.32 Å². The van der Waals surface area contributed by atoms with Crippen LogP contribution < -0.4 is 11.1 Å². The monoisotopic (exact) mass is 391 g/mol. The van der Waals surface area contributed by atoms with Gasteiger partial charge in [-0.3, -0.25) is 9.79 Å². The third-order valence-corrected chi connectivity index (χ3v) is 4.61. The molecule has 0 heterocycles. The summed E-state index contributed by atoms with van der Waals surface area (Å²) in [6.45, 7) is 7.23. The van der Waals surface area contributed by atoms with Gasteiger partial charge in [0.1, 0.15) is 22.9 Å². The highest BCUT2D eigenvalue weighted by Crippen LogP contribution is 2.23. The number of hydrogen-bond acceptors (Lipinski definition) is 4. The Labute approximate surface area is 171 Å². The number of carbonyl (C=O) groups is 1. The number of nitrogens with zero attached hydrogens (tertiary/aromatic N) is 2. The predicted octanol–water partition coefficient (Wildman–Crippen LogP) is 3.19. The molecular weight excluding hydrogens is 367 g/mol. The fourth-order valence-electron chi connectivity index (χ4n) is 3.10. The van der Waals surface area contributed by atoms with Crippen molar-refractivity contribution in [2.24, 2.45) is 15.7 Å². The maximum atomic E-state index is 13.5. The second-order valence-corrected chi connectivity index (χ2v) is 6.62. The molecule has 1 aliphatic carbocycles. The molecule has 6 heteroatoms. The van der Waals surface area contributed by atoms with Crippen LogP contribution in [-0.2, 0) is 4.79 Å². The number of benzene rings is 1. The normalized spacial score (nSPS) is 15.9. The second-order valence-electron chi connectivity index (χ2n) is 6.62. The van der Waals surface area contributed by atoms with Crippen LogP contribution in [0.25, 0.3) is 5.70 Å². The molecule has 1 aromatic carbocycles. The highest BCUT2D eigenvalue weighted by Gasteiger charge is 2.23. The van der Waals surface area contributed by atoms with Crippen LogP contribution in [0, 0.1) is 24.7 Å². The number of hydrogen-bond donors (Lipinski definition) is 2. The Bertz CT molecular complexity index is 975. The van der Waals surface area contributed by atoms with E-state index in [-0.39, 0.29) is 17.3 Å². The first-order valence-electron chi connectivity index (χ1n) is 9.31. The molecule has 0 bridgehead atoms. The van der Waals surface area contributed by atoms with E-state index in [0.717, 1.165) is 24.8 Å². The number of nitrogens with one attached hydrogen (secondary N) is 1. The molecule has 5 nitrogen and oxygen atoms in total. The van der Waals surface area contributed by atoms with Crippen molar-refractivity contribution < 1.29 is 9.18 Å². The molecule has 0 fully saturated rings. The standard InChI is InChI=1S/C23H24FN4O/c1-5-20(28-21(6-2)16-10-9-11-17(24)14-16)15(3)27-23(29)22(26-4)18-12-7-8-13-19(18)25/h1-2,9-11,14-15H,7-8,12-13,25H2,3-4H3,(H,27,29). The molecule has 3 N–H and O–H groups in total. The van der Waals surface area contributed by atoms with Crippen molar-refractivity contribution in [3.63, 3.8) is 0 Å². The average molecular weight is 391 g/mol. The van der Waals surface area contributed by atoms with E-state index in [1.165, 1.54) is 18.2 Å². The number of aliphatic imine (C=N–C) groups is 2. The van der Waals surface area contributed by atoms with Gasteiger partial charge in [-0.05, 0) is 51.3 Å². The third-order valence-electron chi connectivity index (χ3n) is 4.61. The molecule has 1 amide bonds. The summed E-state index contributed by atoms with van der Waals surface area (Å²) >= 11 is 0. The van der Waals surface area contributed by atoms with Crippen LogP contribution in [0.2, 0.25) is 0 Å². The van der Waals surface area contributed by atoms with Crippen LogP contribution in [0.5, 0.6) is 0 Å². The molecule has 29 heavy (non-hydrogen) atoms. The maximum absolute atomic E-state index is 13.5. The fourth-order valence-corrected chi connectivity index (χ4v) is 3.10. The van der Waals surface area contributed by atoms with Gasteiger partial charge in [0.15, 0.2) is 0 Å². The SMILES string of the molecule is [CH]=C=C(N=C(C#C)C(C)NC(=O)C(=NC)C1=C(N)CCCC1)c1cccc(F)c1. The minimum absolute atomic E-state index is 0.183. The Kier molecular flexibility index (Phi) is 7.70. The smallest absolute Gasteiger partial charge is 0.270 e. The van der Waals surface area contributed by atoms with E-state index in [4.69, 9.17) is 18.7 Å². The van der Waals surface area contributed by atoms with Crippen LogP contribution in [0.15, 0.2) is 51.3 Å². The Balaban J connectivity index is 2.23. The molecule has 0 aromatic heterocycles. The van der Waals surface area contributed by atoms with Gasteiger partial charge in [-0.2, -0.15) is 0 Å². The summed E-state index contributed by atoms with van der Waals surface area (Å²) in [4.78, 5) is 21.2. The highest BCUT2D eigenvalue weighted by atomic mass is 19.1. The van der Waals surface area contributed by atoms with Crippen LogP contribution >= 0.6 is 0 Å². The molecule has 0 aliphatic heterocycles. The summed E-state index contributed by atoms with van der Waals surface area (Å²) in [6, 6.07) is 5.15. The lowest BCUT2D eigenvalue weighted by Crippen LogP contribution is -2.43. The van der Waals surface area contributed by atoms with E-state index in [9.17, 15) is 9.18 Å². The van der Waals surface area contributed by atoms with Gasteiger partial charge >= 0.3 is 0 Å². The van der Waals surface area contributed by atoms with E-state index in [1.54, 1.807) is 20.0 Å². The van der Waals surface area contributed by atoms with Gasteiger partial charge in [-0.25, -0.2) is 9.38 Å². The van der Waals surface area contributed by atoms with Gasteiger partial charge in [0.2, 0.25) is 0 Å². The lowest BCUT2D eigenvalue weighted by Gasteiger charge is -2.20. The lowest BCUT2D eigenvalue weighted by molar-refractivity contribution is -0.115. The van der Waals surface area contributed by atoms with E-state index in [0.29, 0.717) is 23.4 Å². The summed E-state index contributed by atoms with van der Waals surface area (Å²) in [5.74, 6) is 1.64. The first kappa shape index (κ1) is 21.9. The number of allylic oxidation sites excluding steroid dienone is 1. The molecule has 2 rings (SSSR count). The van der Waals surface area contributed by atoms with Crippen molar-refractivity contribution >= 4 is 23.0 Å². The second kappa shape index (κ2) is 10.2. The number of amides is 1. The number of nitrogens with two attached hydrogens (primary N) is 1. The zero-order valence-corrected chi connectivity index (χ0v) is 16.6. The largest absolute Gasteiger partial charge is 0.402 e. The molecule has 1 radical (unpaired) electrons. The first-order valence-corrected chi connectivity index (χ1v) is 9.31. The van der Waals surface area contributed by atoms with Gasteiger partial charge in [-0.1, -0.05) is 23.8 Å². The number of carbonyl (C=O) groups excluding carboxylic acids is 1. The minimum Gasteiger partial charge on any atom is -0.402 e. The van der Waals surface area contributed by atoms with Gasteiger partial charge in [0, 0.05) is 23.9 Å². The number of rotatable bonds is 6. The molecule has 0 saturated heterocycles. The first-order chi connectivity index (χ1) is 13.9. The van der Waals surface area contributed by atoms with Crippen molar-refractivity contribution in [3.05, 3.63) is 59.2 Å². The molecule has 0 spiro atoms. The fraction of sp³-hybridized carbons (Fsp3) is 0.304. The van der Waals surface area contributed by atoms with Gasteiger partial charge in [-0.15, -0.1) is 6.42 Å². The Morgan fingerprint density at radius 1 is 1.34 bits per heavy atom. The molecule has 0 saturated carbocycles. The molecule has 1 aliphatic rings. The Morgan fingerprint density at radius 3 is 2.66 bits per heavy atom. The zero-order valence-electron chi connectivity index (χ0n) is 16.6. The molecule has 1 unspecified atom stereocenters. The quantitative estimate of drug-likeness (QED) is 0.444. The summed E-state index contributed by atoms with van der Waals surface area (Å²) in [5.41, 5.74) is 11.1. The van der Waals surface area contributed by atoms with Crippen LogP contribution in [0.4, 0.5) is 4.39 Å². The number of halogens is 1. The van der Waals surface area contributed by atoms with Crippen molar-refractivity contribution in [3.8, 4) is 12.3 Å². The molecule has 149 valence electrons. The third kappa shape index (κ3) is 5.54. The summed E-state index contributed by atoms with van der Waals surface area (Å²) in [7, 11) is 1.55. The molecule has 1 atom stereocenters. The van der Waals surface area contributed by atoms with E-state index >= 15 is 0 Å². The minimum atomic E-state index is -0.605. The van der Waals surface area contributed by atoms with E-state index in [2.05, 4.69) is 27.0 Å². The Morgan fingerprint density at radius 2 is 2.07 bits per heavy atom. The zero-order chi connectivity index (χ0) is 21.4. The summed E-state index contributed by atoms with van der Waals surface area (Å²) < 4.78 is 13.5. The Hall–Kier alpha value is -3.42. The van der Waals surface area contributed by atoms with Crippen molar-refractivity contribution in [2.45, 2.75) is 38.6 Å². The van der Waals surface area contributed by atoms with Gasteiger partial charge in [0.25, 0.3) is 5.91 Å². The van der Waals surface area contributed by atoms with Crippen LogP contribution in [0.3, 0.4) is 0 Å². The van der Waals surface area contributed by atoms with Gasteiger partial charge < -0.3 is 11.1 Å². The maximum Gasteiger partial charge on any atom is 0.270 e. The summed E-state index contributed by atoms with van der Waals surface area (Å²) in [5, 5.41) is 2.80. The van der Waals surface area contributed by atoms with Crippen LogP contribution in [0.1, 0.15) is 38.2 Å². The van der Waals surface area contributed by atoms with E-state index < -0.39 is 11.9 Å². The topological polar surface area (TPSA) is 79.8 Å². The van der Waals surface area contributed by atoms with Crippen LogP contribution in [-0.4, -0.2) is 30.4 Å². The highest BCUT2D eigenvalue weighted by molar-refractivity contribution is 6.45. The van der Waals surface area contributed by atoms with E-state index in [1.807, 2.05) is 0 Å². The molecule has 1 aromatic rings. The summed E-state index contributed by atoms with van der Waals surface area (Å²) in [6.07, 6.45) is 9.02. The van der Waals surface area contributed by atoms with Gasteiger partial charge in [0.05, 0.1) is 6.04 Å². The predicted molar refractivity (Wildman–Crippen MR) is 115 cm³/mol. The van der Waals surface area contributed by atoms with Crippen molar-refractivity contribution in [1.29, 1.82) is 0 Å². The average Bonchev–Trinajstić information content (AvgIpc) is 2.70. The van der Waals surface area contributed by atoms with Crippen molar-refractivity contribution in [2.75, 3.05) is 7.05 Å². The lowest BCUT2D eigenvalue weighted by atomic mass is 9.92. The molecular formula is C23H24FN4O.